The molecule has 0 saturated heterocycles. The van der Waals surface area contributed by atoms with Gasteiger partial charge in [0, 0.05) is 35.8 Å². The number of aromatic amines is 1. The number of rotatable bonds is 6. The minimum absolute atomic E-state index is 0.241. The molecule has 1 aromatic carbocycles. The van der Waals surface area contributed by atoms with Gasteiger partial charge in [0.05, 0.1) is 28.8 Å². The van der Waals surface area contributed by atoms with E-state index in [1.807, 2.05) is 44.2 Å². The van der Waals surface area contributed by atoms with Crippen LogP contribution in [0, 0.1) is 13.8 Å². The molecule has 0 aliphatic heterocycles. The number of carbonyl (C=O) groups is 1. The van der Waals surface area contributed by atoms with Gasteiger partial charge in [-0.15, -0.1) is 0 Å². The lowest BCUT2D eigenvalue weighted by Crippen LogP contribution is -2.23. The van der Waals surface area contributed by atoms with Gasteiger partial charge in [-0.05, 0) is 44.2 Å². The molecule has 4 aromatic heterocycles. The minimum Gasteiger partial charge on any atom is -0.346 e. The molecule has 0 saturated carbocycles. The second kappa shape index (κ2) is 9.18. The Labute approximate surface area is 200 Å². The summed E-state index contributed by atoms with van der Waals surface area (Å²) in [6, 6.07) is 16.1. The van der Waals surface area contributed by atoms with Crippen LogP contribution in [0.25, 0.3) is 16.6 Å². The first-order chi connectivity index (χ1) is 17.0. The highest BCUT2D eigenvalue weighted by Gasteiger charge is 2.13. The SMILES string of the molecule is Cc1cc(Nc2cc3c(cn2)c(=O)[nH]n3-c2cccc(C(=O)NCc3ccccn3)c2)nc(C)n1. The zero-order chi connectivity index (χ0) is 24.4. The van der Waals surface area contributed by atoms with Gasteiger partial charge in [0.15, 0.2) is 0 Å². The van der Waals surface area contributed by atoms with Gasteiger partial charge in [0.2, 0.25) is 0 Å². The Bertz CT molecular complexity index is 1570. The number of anilines is 2. The highest BCUT2D eigenvalue weighted by atomic mass is 16.1. The Morgan fingerprint density at radius 3 is 2.69 bits per heavy atom. The first kappa shape index (κ1) is 22.0. The molecule has 1 amide bonds. The van der Waals surface area contributed by atoms with Crippen LogP contribution in [0.2, 0.25) is 0 Å². The molecule has 0 fully saturated rings. The van der Waals surface area contributed by atoms with Crippen LogP contribution < -0.4 is 16.2 Å². The van der Waals surface area contributed by atoms with Crippen molar-refractivity contribution in [2.75, 3.05) is 5.32 Å². The second-order valence-corrected chi connectivity index (χ2v) is 7.98. The summed E-state index contributed by atoms with van der Waals surface area (Å²) in [4.78, 5) is 42.5. The van der Waals surface area contributed by atoms with E-state index in [0.717, 1.165) is 11.4 Å². The summed E-state index contributed by atoms with van der Waals surface area (Å²) in [7, 11) is 0. The van der Waals surface area contributed by atoms with E-state index in [-0.39, 0.29) is 11.5 Å². The Hall–Kier alpha value is -4.86. The topological polar surface area (TPSA) is 130 Å². The van der Waals surface area contributed by atoms with E-state index in [4.69, 9.17) is 0 Å². The average Bonchev–Trinajstić information content (AvgIpc) is 3.18. The smallest absolute Gasteiger partial charge is 0.273 e. The van der Waals surface area contributed by atoms with E-state index in [2.05, 4.69) is 35.7 Å². The number of pyridine rings is 2. The summed E-state index contributed by atoms with van der Waals surface area (Å²) in [5.74, 6) is 1.53. The molecule has 5 aromatic rings. The fourth-order valence-corrected chi connectivity index (χ4v) is 3.77. The number of aromatic nitrogens is 6. The maximum Gasteiger partial charge on any atom is 0.273 e. The van der Waals surface area contributed by atoms with E-state index >= 15 is 0 Å². The molecular weight excluding hydrogens is 444 g/mol. The third-order valence-corrected chi connectivity index (χ3v) is 5.33. The lowest BCUT2D eigenvalue weighted by Gasteiger charge is -2.10. The van der Waals surface area contributed by atoms with E-state index in [0.29, 0.717) is 46.2 Å². The van der Waals surface area contributed by atoms with E-state index in [1.54, 1.807) is 35.1 Å². The number of hydrogen-bond acceptors (Lipinski definition) is 7. The standard InChI is InChI=1S/C25H22N8O2/c1-15-10-23(30-16(2)29-15)31-22-12-21-20(14-27-22)25(35)32-33(21)19-8-5-6-17(11-19)24(34)28-13-18-7-3-4-9-26-18/h3-12,14H,13H2,1-2H3,(H,28,34)(H,32,35)(H,27,29,30,31). The second-order valence-electron chi connectivity index (χ2n) is 7.98. The van der Waals surface area contributed by atoms with Gasteiger partial charge >= 0.3 is 0 Å². The van der Waals surface area contributed by atoms with Crippen molar-refractivity contribution in [3.63, 3.8) is 0 Å². The van der Waals surface area contributed by atoms with Crippen molar-refractivity contribution in [3.8, 4) is 5.69 Å². The predicted molar refractivity (Wildman–Crippen MR) is 132 cm³/mol. The van der Waals surface area contributed by atoms with Gasteiger partial charge in [-0.1, -0.05) is 12.1 Å². The maximum atomic E-state index is 12.7. The number of nitrogens with zero attached hydrogens (tertiary/aromatic N) is 5. The number of amides is 1. The van der Waals surface area contributed by atoms with Gasteiger partial charge in [0.25, 0.3) is 11.5 Å². The number of carbonyl (C=O) groups excluding carboxylic acids is 1. The van der Waals surface area contributed by atoms with E-state index in [1.165, 1.54) is 6.20 Å². The van der Waals surface area contributed by atoms with Gasteiger partial charge in [-0.2, -0.15) is 0 Å². The Kier molecular flexibility index (Phi) is 5.76. The average molecular weight is 467 g/mol. The third-order valence-electron chi connectivity index (χ3n) is 5.33. The highest BCUT2D eigenvalue weighted by molar-refractivity contribution is 5.95. The van der Waals surface area contributed by atoms with Crippen LogP contribution >= 0.6 is 0 Å². The Morgan fingerprint density at radius 1 is 1.00 bits per heavy atom. The van der Waals surface area contributed by atoms with Crippen LogP contribution in [0.1, 0.15) is 27.6 Å². The number of benzene rings is 1. The van der Waals surface area contributed by atoms with Crippen LogP contribution in [0.15, 0.2) is 71.8 Å². The molecule has 0 unspecified atom stereocenters. The molecule has 35 heavy (non-hydrogen) atoms. The molecule has 10 heteroatoms. The van der Waals surface area contributed by atoms with Crippen LogP contribution in [0.3, 0.4) is 0 Å². The summed E-state index contributed by atoms with van der Waals surface area (Å²) >= 11 is 0. The fraction of sp³-hybridized carbons (Fsp3) is 0.120. The quantitative estimate of drug-likeness (QED) is 0.350. The number of hydrogen-bond donors (Lipinski definition) is 3. The zero-order valence-electron chi connectivity index (χ0n) is 19.1. The van der Waals surface area contributed by atoms with Crippen molar-refractivity contribution < 1.29 is 4.79 Å². The molecule has 0 radical (unpaired) electrons. The van der Waals surface area contributed by atoms with E-state index in [9.17, 15) is 9.59 Å². The largest absolute Gasteiger partial charge is 0.346 e. The summed E-state index contributed by atoms with van der Waals surface area (Å²) in [5.41, 5.74) is 3.02. The number of aryl methyl sites for hydroxylation is 2. The van der Waals surface area contributed by atoms with Gasteiger partial charge in [-0.25, -0.2) is 15.0 Å². The van der Waals surface area contributed by atoms with Gasteiger partial charge < -0.3 is 10.6 Å². The Balaban J connectivity index is 1.44. The molecule has 4 heterocycles. The molecule has 5 rings (SSSR count). The molecule has 10 nitrogen and oxygen atoms in total. The van der Waals surface area contributed by atoms with Crippen LogP contribution in [0.5, 0.6) is 0 Å². The third kappa shape index (κ3) is 4.76. The van der Waals surface area contributed by atoms with Crippen molar-refractivity contribution >= 4 is 28.4 Å². The molecule has 3 N–H and O–H groups in total. The molecule has 174 valence electrons. The monoisotopic (exact) mass is 466 g/mol. The van der Waals surface area contributed by atoms with Crippen LogP contribution in [-0.4, -0.2) is 35.6 Å². The number of H-pyrrole nitrogens is 1. The lowest BCUT2D eigenvalue weighted by atomic mass is 10.2. The summed E-state index contributed by atoms with van der Waals surface area (Å²) in [6.45, 7) is 4.02. The zero-order valence-corrected chi connectivity index (χ0v) is 19.1. The summed E-state index contributed by atoms with van der Waals surface area (Å²) < 4.78 is 1.64. The fourth-order valence-electron chi connectivity index (χ4n) is 3.77. The number of fused-ring (bicyclic) bond motifs is 1. The Morgan fingerprint density at radius 2 is 1.89 bits per heavy atom. The van der Waals surface area contributed by atoms with Crippen molar-refractivity contribution in [2.24, 2.45) is 0 Å². The summed E-state index contributed by atoms with van der Waals surface area (Å²) in [6.07, 6.45) is 3.19. The highest BCUT2D eigenvalue weighted by Crippen LogP contribution is 2.21. The molecule has 0 aliphatic carbocycles. The van der Waals surface area contributed by atoms with Crippen molar-refractivity contribution in [1.82, 2.24) is 35.0 Å². The molecular formula is C25H22N8O2. The lowest BCUT2D eigenvalue weighted by molar-refractivity contribution is 0.0950. The predicted octanol–water partition coefficient (Wildman–Crippen LogP) is 3.19. The molecule has 0 bridgehead atoms. The first-order valence-corrected chi connectivity index (χ1v) is 10.9. The van der Waals surface area contributed by atoms with Gasteiger partial charge in [-0.3, -0.25) is 24.4 Å². The maximum absolute atomic E-state index is 12.7. The summed E-state index contributed by atoms with van der Waals surface area (Å²) in [5, 5.41) is 9.29. The number of nitrogens with one attached hydrogen (secondary N) is 3. The van der Waals surface area contributed by atoms with Crippen LogP contribution in [-0.2, 0) is 6.54 Å². The molecule has 0 atom stereocenters. The van der Waals surface area contributed by atoms with Gasteiger partial charge in [0.1, 0.15) is 17.5 Å². The van der Waals surface area contributed by atoms with E-state index < -0.39 is 0 Å². The molecule has 0 aliphatic rings. The molecule has 0 spiro atoms. The van der Waals surface area contributed by atoms with Crippen molar-refractivity contribution in [3.05, 3.63) is 100 Å². The van der Waals surface area contributed by atoms with Crippen molar-refractivity contribution in [2.45, 2.75) is 20.4 Å². The van der Waals surface area contributed by atoms with Crippen molar-refractivity contribution in [1.29, 1.82) is 0 Å². The normalized spacial score (nSPS) is 10.9. The first-order valence-electron chi connectivity index (χ1n) is 10.9. The van der Waals surface area contributed by atoms with Crippen LogP contribution in [0.4, 0.5) is 11.6 Å². The minimum atomic E-state index is -0.280.